The first-order chi connectivity index (χ1) is 7.86. The number of carbonyl (C=O) groups is 1. The lowest BCUT2D eigenvalue weighted by Gasteiger charge is -2.02. The van der Waals surface area contributed by atoms with Gasteiger partial charge >= 0.3 is 0 Å². The molecule has 0 aromatic carbocycles. The van der Waals surface area contributed by atoms with Crippen LogP contribution in [0.25, 0.3) is 11.0 Å². The van der Waals surface area contributed by atoms with Crippen LogP contribution in [0.3, 0.4) is 0 Å². The molecule has 2 aromatic heterocycles. The van der Waals surface area contributed by atoms with Crippen molar-refractivity contribution in [3.8, 4) is 0 Å². The van der Waals surface area contributed by atoms with Crippen molar-refractivity contribution in [2.45, 2.75) is 19.4 Å². The fraction of sp³-hybridized carbons (Fsp3) is 0.231. The molecule has 2 aromatic rings. The highest BCUT2D eigenvalue weighted by molar-refractivity contribution is 5.95. The van der Waals surface area contributed by atoms with Gasteiger partial charge in [-0.05, 0) is 25.0 Å². The van der Waals surface area contributed by atoms with Crippen LogP contribution in [-0.4, -0.2) is 15.8 Å². The van der Waals surface area contributed by atoms with E-state index in [1.165, 1.54) is 0 Å². The molecule has 2 heterocycles. The number of fused-ring (bicyclic) bond motifs is 1. The molecule has 0 aliphatic rings. The van der Waals surface area contributed by atoms with Crippen molar-refractivity contribution >= 4 is 17.3 Å². The summed E-state index contributed by atoms with van der Waals surface area (Å²) < 4.78 is 2.03. The average molecular weight is 214 g/mol. The Hall–Kier alpha value is -1.90. The predicted octanol–water partition coefficient (Wildman–Crippen LogP) is 2.82. The zero-order valence-corrected chi connectivity index (χ0v) is 9.10. The fourth-order valence-electron chi connectivity index (χ4n) is 1.82. The Morgan fingerprint density at radius 1 is 1.50 bits per heavy atom. The Kier molecular flexibility index (Phi) is 3.15. The van der Waals surface area contributed by atoms with Crippen molar-refractivity contribution in [1.29, 1.82) is 0 Å². The van der Waals surface area contributed by atoms with Gasteiger partial charge in [0.05, 0.1) is 0 Å². The molecule has 0 N–H and O–H groups in total. The molecule has 0 saturated heterocycles. The summed E-state index contributed by atoms with van der Waals surface area (Å²) in [5.74, 6) is 0. The first-order valence-corrected chi connectivity index (χ1v) is 5.36. The van der Waals surface area contributed by atoms with Crippen LogP contribution in [0.5, 0.6) is 0 Å². The zero-order valence-electron chi connectivity index (χ0n) is 9.10. The van der Waals surface area contributed by atoms with Crippen LogP contribution in [0, 0.1) is 0 Å². The maximum Gasteiger partial charge on any atom is 0.152 e. The molecule has 0 aliphatic carbocycles. The van der Waals surface area contributed by atoms with Crippen molar-refractivity contribution in [3.63, 3.8) is 0 Å². The molecular weight excluding hydrogens is 200 g/mol. The summed E-state index contributed by atoms with van der Waals surface area (Å²) in [5, 5.41) is 0.927. The third-order valence-corrected chi connectivity index (χ3v) is 2.60. The van der Waals surface area contributed by atoms with Gasteiger partial charge in [0.15, 0.2) is 6.29 Å². The summed E-state index contributed by atoms with van der Waals surface area (Å²) in [6, 6.07) is 3.78. The molecule has 82 valence electrons. The molecule has 3 nitrogen and oxygen atoms in total. The third-order valence-electron chi connectivity index (χ3n) is 2.60. The van der Waals surface area contributed by atoms with Gasteiger partial charge in [-0.15, -0.1) is 6.58 Å². The van der Waals surface area contributed by atoms with Gasteiger partial charge in [-0.3, -0.25) is 4.79 Å². The molecule has 2 rings (SSSR count). The molecule has 0 fully saturated rings. The summed E-state index contributed by atoms with van der Waals surface area (Å²) in [6.45, 7) is 4.56. The van der Waals surface area contributed by atoms with E-state index in [0.717, 1.165) is 36.7 Å². The van der Waals surface area contributed by atoms with E-state index in [-0.39, 0.29) is 0 Å². The monoisotopic (exact) mass is 214 g/mol. The van der Waals surface area contributed by atoms with Crippen LogP contribution < -0.4 is 0 Å². The number of aromatic nitrogens is 2. The van der Waals surface area contributed by atoms with Crippen molar-refractivity contribution in [2.75, 3.05) is 0 Å². The minimum Gasteiger partial charge on any atom is -0.332 e. The fourth-order valence-corrected chi connectivity index (χ4v) is 1.82. The number of rotatable bonds is 5. The Morgan fingerprint density at radius 3 is 3.12 bits per heavy atom. The lowest BCUT2D eigenvalue weighted by molar-refractivity contribution is 0.112. The van der Waals surface area contributed by atoms with Gasteiger partial charge in [0.1, 0.15) is 5.65 Å². The number of allylic oxidation sites excluding steroid dienone is 1. The number of pyridine rings is 1. The van der Waals surface area contributed by atoms with E-state index in [2.05, 4.69) is 11.6 Å². The van der Waals surface area contributed by atoms with Crippen LogP contribution in [0.4, 0.5) is 0 Å². The molecule has 0 saturated carbocycles. The molecule has 0 radical (unpaired) electrons. The van der Waals surface area contributed by atoms with Crippen LogP contribution in [-0.2, 0) is 6.54 Å². The first-order valence-electron chi connectivity index (χ1n) is 5.36. The quantitative estimate of drug-likeness (QED) is 0.436. The summed E-state index contributed by atoms with van der Waals surface area (Å²) in [6.07, 6.45) is 8.40. The minimum atomic E-state index is 0.710. The highest BCUT2D eigenvalue weighted by Gasteiger charge is 2.07. The molecule has 0 unspecified atom stereocenters. The maximum atomic E-state index is 10.9. The summed E-state index contributed by atoms with van der Waals surface area (Å²) in [4.78, 5) is 15.2. The number of aryl methyl sites for hydroxylation is 1. The summed E-state index contributed by atoms with van der Waals surface area (Å²) >= 11 is 0. The average Bonchev–Trinajstić information content (AvgIpc) is 2.68. The molecule has 3 heteroatoms. The van der Waals surface area contributed by atoms with Crippen molar-refractivity contribution in [1.82, 2.24) is 9.55 Å². The van der Waals surface area contributed by atoms with Crippen LogP contribution in [0.15, 0.2) is 37.2 Å². The molecule has 0 atom stereocenters. The molecule has 0 spiro atoms. The van der Waals surface area contributed by atoms with E-state index in [0.29, 0.717) is 5.56 Å². The smallest absolute Gasteiger partial charge is 0.152 e. The van der Waals surface area contributed by atoms with Gasteiger partial charge in [-0.2, -0.15) is 0 Å². The standard InChI is InChI=1S/C13H14N2O/c1-2-3-4-8-15-9-11(10-16)12-6-5-7-14-13(12)15/h2,5-7,9-10H,1,3-4,8H2. The third kappa shape index (κ3) is 1.89. The van der Waals surface area contributed by atoms with E-state index < -0.39 is 0 Å². The maximum absolute atomic E-state index is 10.9. The van der Waals surface area contributed by atoms with E-state index in [1.54, 1.807) is 6.20 Å². The van der Waals surface area contributed by atoms with Gasteiger partial charge < -0.3 is 4.57 Å². The molecule has 0 aliphatic heterocycles. The number of unbranched alkanes of at least 4 members (excludes halogenated alkanes) is 1. The Bertz CT molecular complexity index is 514. The van der Waals surface area contributed by atoms with Crippen LogP contribution in [0.1, 0.15) is 23.2 Å². The van der Waals surface area contributed by atoms with Crippen molar-refractivity contribution < 1.29 is 4.79 Å². The molecule has 0 bridgehead atoms. The molecule has 16 heavy (non-hydrogen) atoms. The van der Waals surface area contributed by atoms with Gasteiger partial charge in [-0.25, -0.2) is 4.98 Å². The van der Waals surface area contributed by atoms with Crippen LogP contribution >= 0.6 is 0 Å². The topological polar surface area (TPSA) is 34.9 Å². The second-order valence-corrected chi connectivity index (χ2v) is 3.70. The van der Waals surface area contributed by atoms with Gasteiger partial charge in [0, 0.05) is 29.9 Å². The second-order valence-electron chi connectivity index (χ2n) is 3.70. The first kappa shape index (κ1) is 10.6. The number of carbonyl (C=O) groups excluding carboxylic acids is 1. The van der Waals surface area contributed by atoms with Crippen molar-refractivity contribution in [2.24, 2.45) is 0 Å². The Balaban J connectivity index is 2.37. The Labute approximate surface area is 94.4 Å². The number of nitrogens with zero attached hydrogens (tertiary/aromatic N) is 2. The normalized spacial score (nSPS) is 10.5. The number of hydrogen-bond donors (Lipinski definition) is 0. The van der Waals surface area contributed by atoms with Crippen molar-refractivity contribution in [3.05, 3.63) is 42.7 Å². The summed E-state index contributed by atoms with van der Waals surface area (Å²) in [5.41, 5.74) is 1.59. The van der Waals surface area contributed by atoms with E-state index >= 15 is 0 Å². The van der Waals surface area contributed by atoms with E-state index in [4.69, 9.17) is 0 Å². The lowest BCUT2D eigenvalue weighted by Crippen LogP contribution is -1.96. The zero-order chi connectivity index (χ0) is 11.4. The highest BCUT2D eigenvalue weighted by Crippen LogP contribution is 2.18. The van der Waals surface area contributed by atoms with Crippen LogP contribution in [0.2, 0.25) is 0 Å². The highest BCUT2D eigenvalue weighted by atomic mass is 16.1. The number of hydrogen-bond acceptors (Lipinski definition) is 2. The molecular formula is C13H14N2O. The lowest BCUT2D eigenvalue weighted by atomic mass is 10.2. The largest absolute Gasteiger partial charge is 0.332 e. The van der Waals surface area contributed by atoms with Gasteiger partial charge in [0.25, 0.3) is 0 Å². The summed E-state index contributed by atoms with van der Waals surface area (Å²) in [7, 11) is 0. The number of aldehydes is 1. The Morgan fingerprint density at radius 2 is 2.38 bits per heavy atom. The molecule has 0 amide bonds. The van der Waals surface area contributed by atoms with Gasteiger partial charge in [-0.1, -0.05) is 6.08 Å². The SMILES string of the molecule is C=CCCCn1cc(C=O)c2cccnc21. The van der Waals surface area contributed by atoms with E-state index in [1.807, 2.05) is 29.0 Å². The van der Waals surface area contributed by atoms with Gasteiger partial charge in [0.2, 0.25) is 0 Å². The second kappa shape index (κ2) is 4.75. The van der Waals surface area contributed by atoms with E-state index in [9.17, 15) is 4.79 Å². The minimum absolute atomic E-state index is 0.710. The predicted molar refractivity (Wildman–Crippen MR) is 64.6 cm³/mol.